The van der Waals surface area contributed by atoms with Crippen LogP contribution in [0, 0.1) is 5.82 Å². The fraction of sp³-hybridized carbons (Fsp3) is 0.500. The molecule has 2 unspecified atom stereocenters. The number of anilines is 1. The van der Waals surface area contributed by atoms with E-state index in [2.05, 4.69) is 9.97 Å². The molecule has 7 nitrogen and oxygen atoms in total. The van der Waals surface area contributed by atoms with Crippen LogP contribution in [0.5, 0.6) is 0 Å². The van der Waals surface area contributed by atoms with E-state index in [0.717, 1.165) is 6.07 Å². The lowest BCUT2D eigenvalue weighted by atomic mass is 10.0. The summed E-state index contributed by atoms with van der Waals surface area (Å²) in [5, 5.41) is 0. The van der Waals surface area contributed by atoms with Gasteiger partial charge in [0.25, 0.3) is 0 Å². The summed E-state index contributed by atoms with van der Waals surface area (Å²) in [5.41, 5.74) is 3.88. The van der Waals surface area contributed by atoms with Gasteiger partial charge in [0, 0.05) is 18.7 Å². The van der Waals surface area contributed by atoms with Crippen molar-refractivity contribution in [1.82, 2.24) is 19.4 Å². The highest BCUT2D eigenvalue weighted by atomic mass is 19.1. The summed E-state index contributed by atoms with van der Waals surface area (Å²) in [6.45, 7) is 6.56. The van der Waals surface area contributed by atoms with Gasteiger partial charge in [0.15, 0.2) is 11.6 Å². The molecule has 1 amide bonds. The number of rotatable bonds is 2. The van der Waals surface area contributed by atoms with Crippen LogP contribution in [0.3, 0.4) is 0 Å². The first-order valence-corrected chi connectivity index (χ1v) is 8.59. The van der Waals surface area contributed by atoms with Gasteiger partial charge in [0.2, 0.25) is 0 Å². The summed E-state index contributed by atoms with van der Waals surface area (Å²) < 4.78 is 35.5. The lowest BCUT2D eigenvalue weighted by Crippen LogP contribution is -2.38. The molecule has 3 rings (SSSR count). The molecule has 1 fully saturated rings. The van der Waals surface area contributed by atoms with Crippen molar-refractivity contribution in [2.24, 2.45) is 0 Å². The van der Waals surface area contributed by atoms with Gasteiger partial charge in [-0.25, -0.2) is 23.5 Å². The third-order valence-corrected chi connectivity index (χ3v) is 4.15. The maximum atomic E-state index is 14.7. The van der Waals surface area contributed by atoms with Crippen molar-refractivity contribution in [1.29, 1.82) is 0 Å². The average molecular weight is 379 g/mol. The molecule has 3 heterocycles. The quantitative estimate of drug-likeness (QED) is 0.864. The first-order valence-electron chi connectivity index (χ1n) is 8.59. The molecular weight excluding hydrogens is 356 g/mol. The standard InChI is InChI=1S/C18H23F2N5O2/c1-17(2,3)27-16(26)25-9-18(4,20)6-14(25)13-8-24(10-23-13)15-12(19)5-11(21)7-22-15/h5,7-8,10,14H,6,9,21H2,1-4H3. The maximum Gasteiger partial charge on any atom is 0.410 e. The van der Waals surface area contributed by atoms with E-state index in [9.17, 15) is 13.6 Å². The van der Waals surface area contributed by atoms with Crippen LogP contribution in [0.1, 0.15) is 45.9 Å². The van der Waals surface area contributed by atoms with Crippen molar-refractivity contribution in [3.8, 4) is 5.82 Å². The van der Waals surface area contributed by atoms with E-state index in [1.807, 2.05) is 0 Å². The van der Waals surface area contributed by atoms with Gasteiger partial charge in [0.1, 0.15) is 17.6 Å². The second-order valence-corrected chi connectivity index (χ2v) is 8.02. The zero-order valence-electron chi connectivity index (χ0n) is 15.7. The maximum absolute atomic E-state index is 14.7. The minimum absolute atomic E-state index is 0.0211. The summed E-state index contributed by atoms with van der Waals surface area (Å²) >= 11 is 0. The van der Waals surface area contributed by atoms with Gasteiger partial charge >= 0.3 is 6.09 Å². The van der Waals surface area contributed by atoms with Crippen molar-refractivity contribution in [3.63, 3.8) is 0 Å². The van der Waals surface area contributed by atoms with E-state index >= 15 is 0 Å². The van der Waals surface area contributed by atoms with E-state index in [-0.39, 0.29) is 24.5 Å². The van der Waals surface area contributed by atoms with Gasteiger partial charge < -0.3 is 10.5 Å². The molecule has 1 aliphatic heterocycles. The van der Waals surface area contributed by atoms with Crippen LogP contribution in [0.2, 0.25) is 0 Å². The smallest absolute Gasteiger partial charge is 0.410 e. The zero-order valence-corrected chi connectivity index (χ0v) is 15.7. The number of ether oxygens (including phenoxy) is 1. The van der Waals surface area contributed by atoms with Gasteiger partial charge in [0.05, 0.1) is 30.2 Å². The van der Waals surface area contributed by atoms with E-state index in [4.69, 9.17) is 10.5 Å². The molecule has 2 atom stereocenters. The molecule has 2 aromatic heterocycles. The van der Waals surface area contributed by atoms with E-state index in [0.29, 0.717) is 5.69 Å². The van der Waals surface area contributed by atoms with Crippen LogP contribution in [0.15, 0.2) is 24.8 Å². The van der Waals surface area contributed by atoms with Crippen molar-refractivity contribution in [2.45, 2.75) is 51.4 Å². The van der Waals surface area contributed by atoms with E-state index in [1.54, 1.807) is 20.8 Å². The number of alkyl halides is 1. The van der Waals surface area contributed by atoms with Gasteiger partial charge in [-0.2, -0.15) is 0 Å². The zero-order chi connectivity index (χ0) is 20.0. The van der Waals surface area contributed by atoms with E-state index in [1.165, 1.54) is 35.1 Å². The predicted molar refractivity (Wildman–Crippen MR) is 95.5 cm³/mol. The SMILES string of the molecule is CC1(F)CC(c2cn(-c3ncc(N)cc3F)cn2)N(C(=O)OC(C)(C)C)C1. The molecule has 0 aromatic carbocycles. The van der Waals surface area contributed by atoms with Crippen LogP contribution in [-0.4, -0.2) is 43.3 Å². The summed E-state index contributed by atoms with van der Waals surface area (Å²) in [5.74, 6) is -0.586. The van der Waals surface area contributed by atoms with Gasteiger partial charge in [-0.15, -0.1) is 0 Å². The largest absolute Gasteiger partial charge is 0.444 e. The van der Waals surface area contributed by atoms with Crippen molar-refractivity contribution < 1.29 is 18.3 Å². The lowest BCUT2D eigenvalue weighted by Gasteiger charge is -2.27. The van der Waals surface area contributed by atoms with Crippen molar-refractivity contribution in [3.05, 3.63) is 36.3 Å². The number of carbonyl (C=O) groups excluding carboxylic acids is 1. The fourth-order valence-electron chi connectivity index (χ4n) is 3.08. The Kier molecular flexibility index (Phi) is 4.57. The second-order valence-electron chi connectivity index (χ2n) is 8.02. The number of carbonyl (C=O) groups is 1. The molecule has 0 bridgehead atoms. The highest BCUT2D eigenvalue weighted by Crippen LogP contribution is 2.40. The van der Waals surface area contributed by atoms with Gasteiger partial charge in [-0.05, 0) is 27.7 Å². The minimum Gasteiger partial charge on any atom is -0.444 e. The highest BCUT2D eigenvalue weighted by Gasteiger charge is 2.46. The molecule has 1 saturated heterocycles. The molecule has 0 spiro atoms. The summed E-state index contributed by atoms with van der Waals surface area (Å²) in [6.07, 6.45) is 3.70. The average Bonchev–Trinajstić information content (AvgIpc) is 3.09. The van der Waals surface area contributed by atoms with Crippen LogP contribution in [-0.2, 0) is 4.74 Å². The lowest BCUT2D eigenvalue weighted by molar-refractivity contribution is 0.0200. The number of nitrogens with zero attached hydrogens (tertiary/aromatic N) is 4. The summed E-state index contributed by atoms with van der Waals surface area (Å²) in [4.78, 5) is 22.0. The molecule has 146 valence electrons. The number of hydrogen-bond acceptors (Lipinski definition) is 5. The molecule has 2 aromatic rings. The number of amides is 1. The number of pyridine rings is 1. The molecule has 0 radical (unpaired) electrons. The van der Waals surface area contributed by atoms with Gasteiger partial charge in [-0.3, -0.25) is 9.47 Å². The van der Waals surface area contributed by atoms with E-state index < -0.39 is 29.2 Å². The number of hydrogen-bond donors (Lipinski definition) is 1. The number of aromatic nitrogens is 3. The Balaban J connectivity index is 1.89. The molecule has 9 heteroatoms. The fourth-order valence-corrected chi connectivity index (χ4v) is 3.08. The Morgan fingerprint density at radius 3 is 2.74 bits per heavy atom. The number of likely N-dealkylation sites (tertiary alicyclic amines) is 1. The Labute approximate surface area is 156 Å². The Morgan fingerprint density at radius 1 is 1.41 bits per heavy atom. The van der Waals surface area contributed by atoms with Crippen LogP contribution < -0.4 is 5.73 Å². The van der Waals surface area contributed by atoms with Crippen LogP contribution in [0.4, 0.5) is 19.3 Å². The molecule has 1 aliphatic rings. The number of halogens is 2. The Bertz CT molecular complexity index is 860. The number of nitrogens with two attached hydrogens (primary N) is 1. The second kappa shape index (κ2) is 6.47. The monoisotopic (exact) mass is 379 g/mol. The van der Waals surface area contributed by atoms with Crippen LogP contribution in [0.25, 0.3) is 5.82 Å². The summed E-state index contributed by atoms with van der Waals surface area (Å²) in [7, 11) is 0. The first kappa shape index (κ1) is 19.1. The Morgan fingerprint density at radius 2 is 2.11 bits per heavy atom. The molecule has 0 aliphatic carbocycles. The molecular formula is C18H23F2N5O2. The van der Waals surface area contributed by atoms with Crippen molar-refractivity contribution in [2.75, 3.05) is 12.3 Å². The van der Waals surface area contributed by atoms with Crippen LogP contribution >= 0.6 is 0 Å². The topological polar surface area (TPSA) is 86.3 Å². The molecule has 27 heavy (non-hydrogen) atoms. The molecule has 0 saturated carbocycles. The third-order valence-electron chi connectivity index (χ3n) is 4.15. The first-order chi connectivity index (χ1) is 12.5. The summed E-state index contributed by atoms with van der Waals surface area (Å²) in [6, 6.07) is 0.538. The Hall–Kier alpha value is -2.71. The number of nitrogen functional groups attached to an aromatic ring is 1. The van der Waals surface area contributed by atoms with Gasteiger partial charge in [-0.1, -0.05) is 0 Å². The van der Waals surface area contributed by atoms with Crippen molar-refractivity contribution >= 4 is 11.8 Å². The number of imidazole rings is 1. The molecule has 2 N–H and O–H groups in total. The minimum atomic E-state index is -1.57. The highest BCUT2D eigenvalue weighted by molar-refractivity contribution is 5.69. The predicted octanol–water partition coefficient (Wildman–Crippen LogP) is 3.40. The normalized spacial score (nSPS) is 22.9. The third kappa shape index (κ3) is 4.17.